The maximum Gasteiger partial charge on any atom is 0.317 e. The van der Waals surface area contributed by atoms with Crippen molar-refractivity contribution in [1.82, 2.24) is 4.90 Å². The van der Waals surface area contributed by atoms with Gasteiger partial charge in [-0.05, 0) is 13.1 Å². The molecule has 0 bridgehead atoms. The number of carboxylic acids is 1. The van der Waals surface area contributed by atoms with E-state index in [1.807, 2.05) is 6.07 Å². The topological polar surface area (TPSA) is 64.3 Å². The van der Waals surface area contributed by atoms with Crippen molar-refractivity contribution in [2.24, 2.45) is 0 Å². The molecule has 1 aromatic rings. The van der Waals surface area contributed by atoms with Gasteiger partial charge in [-0.3, -0.25) is 9.69 Å². The number of likely N-dealkylation sites (N-methyl/N-ethyl adjacent to an activating group) is 1. The lowest BCUT2D eigenvalue weighted by molar-refractivity contribution is -0.138. The first-order chi connectivity index (χ1) is 7.97. The summed E-state index contributed by atoms with van der Waals surface area (Å²) in [5.41, 5.74) is 0.505. The third kappa shape index (κ3) is 3.34. The average molecular weight is 273 g/mol. The van der Waals surface area contributed by atoms with Crippen LogP contribution in [-0.4, -0.2) is 29.6 Å². The van der Waals surface area contributed by atoms with E-state index in [0.717, 1.165) is 0 Å². The summed E-state index contributed by atoms with van der Waals surface area (Å²) in [6.45, 7) is -0.249. The van der Waals surface area contributed by atoms with Crippen LogP contribution in [0.2, 0.25) is 10.0 Å². The molecule has 1 N–H and O–H groups in total. The molecule has 0 amide bonds. The summed E-state index contributed by atoms with van der Waals surface area (Å²) in [4.78, 5) is 12.0. The van der Waals surface area contributed by atoms with Crippen LogP contribution in [0.15, 0.2) is 18.2 Å². The fourth-order valence-corrected chi connectivity index (χ4v) is 1.85. The van der Waals surface area contributed by atoms with Gasteiger partial charge in [-0.25, -0.2) is 0 Å². The Hall–Kier alpha value is -1.28. The number of carbonyl (C=O) groups is 1. The van der Waals surface area contributed by atoms with Crippen LogP contribution in [-0.2, 0) is 4.79 Å². The number of halogens is 2. The smallest absolute Gasteiger partial charge is 0.317 e. The summed E-state index contributed by atoms with van der Waals surface area (Å²) < 4.78 is 0. The minimum atomic E-state index is -1.01. The molecule has 0 saturated heterocycles. The molecule has 0 radical (unpaired) electrons. The minimum Gasteiger partial charge on any atom is -0.480 e. The van der Waals surface area contributed by atoms with Crippen LogP contribution in [0.3, 0.4) is 0 Å². The maximum absolute atomic E-state index is 10.6. The summed E-state index contributed by atoms with van der Waals surface area (Å²) in [6, 6.07) is 6.20. The van der Waals surface area contributed by atoms with Gasteiger partial charge in [0, 0.05) is 5.56 Å². The van der Waals surface area contributed by atoms with Crippen LogP contribution >= 0.6 is 23.2 Å². The fourth-order valence-electron chi connectivity index (χ4n) is 1.44. The molecule has 1 atom stereocenters. The number of nitrogens with zero attached hydrogens (tertiary/aromatic N) is 2. The highest BCUT2D eigenvalue weighted by Crippen LogP contribution is 2.31. The molecule has 0 aromatic heterocycles. The summed E-state index contributed by atoms with van der Waals surface area (Å²) in [7, 11) is 1.54. The molecule has 0 aliphatic heterocycles. The maximum atomic E-state index is 10.6. The van der Waals surface area contributed by atoms with Gasteiger partial charge in [-0.15, -0.1) is 0 Å². The van der Waals surface area contributed by atoms with E-state index in [0.29, 0.717) is 10.6 Å². The van der Waals surface area contributed by atoms with Crippen molar-refractivity contribution in [1.29, 1.82) is 5.26 Å². The molecule has 6 heteroatoms. The van der Waals surface area contributed by atoms with Gasteiger partial charge in [0.15, 0.2) is 0 Å². The van der Waals surface area contributed by atoms with Gasteiger partial charge in [-0.2, -0.15) is 5.26 Å². The second-order valence-corrected chi connectivity index (χ2v) is 4.27. The van der Waals surface area contributed by atoms with Crippen LogP contribution in [0.25, 0.3) is 0 Å². The third-order valence-electron chi connectivity index (χ3n) is 2.22. The van der Waals surface area contributed by atoms with Crippen LogP contribution in [0, 0.1) is 11.3 Å². The zero-order valence-corrected chi connectivity index (χ0v) is 10.5. The molecule has 1 rings (SSSR count). The van der Waals surface area contributed by atoms with E-state index in [9.17, 15) is 4.79 Å². The molecule has 17 heavy (non-hydrogen) atoms. The van der Waals surface area contributed by atoms with Gasteiger partial charge >= 0.3 is 5.97 Å². The summed E-state index contributed by atoms with van der Waals surface area (Å²) in [5.74, 6) is -1.01. The number of benzene rings is 1. The Kier molecular flexibility index (Phi) is 4.76. The summed E-state index contributed by atoms with van der Waals surface area (Å²) in [6.07, 6.45) is 0. The zero-order valence-electron chi connectivity index (χ0n) is 9.02. The Bertz CT molecular complexity index is 471. The molecule has 0 heterocycles. The largest absolute Gasteiger partial charge is 0.480 e. The lowest BCUT2D eigenvalue weighted by Crippen LogP contribution is -2.29. The normalized spacial score (nSPS) is 12.2. The molecule has 90 valence electrons. The molecule has 1 unspecified atom stereocenters. The standard InChI is InChI=1S/C11H10Cl2N2O2/c1-15(6-10(16)17)9(5-14)7-3-2-4-8(12)11(7)13/h2-4,9H,6H2,1H3,(H,16,17). The Morgan fingerprint density at radius 2 is 2.24 bits per heavy atom. The van der Waals surface area contributed by atoms with Crippen molar-refractivity contribution in [2.75, 3.05) is 13.6 Å². The highest BCUT2D eigenvalue weighted by molar-refractivity contribution is 6.42. The van der Waals surface area contributed by atoms with Crippen molar-refractivity contribution in [3.05, 3.63) is 33.8 Å². The lowest BCUT2D eigenvalue weighted by Gasteiger charge is -2.21. The van der Waals surface area contributed by atoms with Gasteiger partial charge in [0.05, 0.1) is 22.7 Å². The third-order valence-corrected chi connectivity index (χ3v) is 3.06. The molecular formula is C11H10Cl2N2O2. The van der Waals surface area contributed by atoms with Crippen LogP contribution in [0.1, 0.15) is 11.6 Å². The Morgan fingerprint density at radius 1 is 1.59 bits per heavy atom. The summed E-state index contributed by atoms with van der Waals surface area (Å²) >= 11 is 11.8. The van der Waals surface area contributed by atoms with E-state index in [2.05, 4.69) is 0 Å². The molecule has 0 fully saturated rings. The SMILES string of the molecule is CN(CC(=O)O)C(C#N)c1cccc(Cl)c1Cl. The second-order valence-electron chi connectivity index (χ2n) is 3.48. The van der Waals surface area contributed by atoms with Crippen molar-refractivity contribution < 1.29 is 9.90 Å². The second kappa shape index (κ2) is 5.87. The Morgan fingerprint density at radius 3 is 2.76 bits per heavy atom. The van der Waals surface area contributed by atoms with E-state index in [-0.39, 0.29) is 11.6 Å². The number of rotatable bonds is 4. The highest BCUT2D eigenvalue weighted by atomic mass is 35.5. The average Bonchev–Trinajstić information content (AvgIpc) is 2.24. The van der Waals surface area contributed by atoms with Crippen molar-refractivity contribution in [2.45, 2.75) is 6.04 Å². The van der Waals surface area contributed by atoms with Crippen LogP contribution < -0.4 is 0 Å². The Balaban J connectivity index is 3.06. The number of hydrogen-bond acceptors (Lipinski definition) is 3. The van der Waals surface area contributed by atoms with Gasteiger partial charge in [-0.1, -0.05) is 35.3 Å². The monoisotopic (exact) mass is 272 g/mol. The quantitative estimate of drug-likeness (QED) is 0.915. The zero-order chi connectivity index (χ0) is 13.0. The van der Waals surface area contributed by atoms with Gasteiger partial charge in [0.2, 0.25) is 0 Å². The van der Waals surface area contributed by atoms with E-state index in [1.165, 1.54) is 4.90 Å². The van der Waals surface area contributed by atoms with Crippen molar-refractivity contribution in [3.63, 3.8) is 0 Å². The molecule has 0 saturated carbocycles. The van der Waals surface area contributed by atoms with E-state index in [4.69, 9.17) is 33.6 Å². The van der Waals surface area contributed by atoms with Gasteiger partial charge in [0.25, 0.3) is 0 Å². The van der Waals surface area contributed by atoms with E-state index >= 15 is 0 Å². The van der Waals surface area contributed by atoms with Crippen LogP contribution in [0.4, 0.5) is 0 Å². The molecule has 4 nitrogen and oxygen atoms in total. The first-order valence-corrected chi connectivity index (χ1v) is 5.48. The van der Waals surface area contributed by atoms with E-state index < -0.39 is 12.0 Å². The molecule has 0 aliphatic rings. The summed E-state index contributed by atoms with van der Waals surface area (Å²) in [5, 5.41) is 18.4. The first kappa shape index (κ1) is 13.8. The predicted molar refractivity (Wildman–Crippen MR) is 65.1 cm³/mol. The molecule has 0 aliphatic carbocycles. The molecule has 0 spiro atoms. The fraction of sp³-hybridized carbons (Fsp3) is 0.273. The minimum absolute atomic E-state index is 0.249. The Labute approximate surface area is 109 Å². The van der Waals surface area contributed by atoms with Crippen molar-refractivity contribution in [3.8, 4) is 6.07 Å². The molecule has 1 aromatic carbocycles. The number of carboxylic acid groups (broad SMARTS) is 1. The lowest BCUT2D eigenvalue weighted by atomic mass is 10.1. The number of nitriles is 1. The number of hydrogen-bond donors (Lipinski definition) is 1. The first-order valence-electron chi connectivity index (χ1n) is 4.73. The highest BCUT2D eigenvalue weighted by Gasteiger charge is 2.21. The van der Waals surface area contributed by atoms with E-state index in [1.54, 1.807) is 25.2 Å². The van der Waals surface area contributed by atoms with Crippen molar-refractivity contribution >= 4 is 29.2 Å². The molecular weight excluding hydrogens is 263 g/mol. The van der Waals surface area contributed by atoms with Gasteiger partial charge in [0.1, 0.15) is 6.04 Å². The predicted octanol–water partition coefficient (Wildman–Crippen LogP) is 2.57. The van der Waals surface area contributed by atoms with Gasteiger partial charge < -0.3 is 5.11 Å². The number of aliphatic carboxylic acids is 1. The van der Waals surface area contributed by atoms with Crippen LogP contribution in [0.5, 0.6) is 0 Å².